The molecule has 0 saturated carbocycles. The number of carbonyl (C=O) groups excluding carboxylic acids is 1. The van der Waals surface area contributed by atoms with Gasteiger partial charge in [0.05, 0.1) is 6.61 Å². The van der Waals surface area contributed by atoms with Gasteiger partial charge in [-0.3, -0.25) is 0 Å². The van der Waals surface area contributed by atoms with Gasteiger partial charge < -0.3 is 15.2 Å². The van der Waals surface area contributed by atoms with E-state index in [1.807, 2.05) is 39.0 Å². The van der Waals surface area contributed by atoms with Crippen LogP contribution in [-0.4, -0.2) is 23.3 Å². The van der Waals surface area contributed by atoms with Gasteiger partial charge in [0, 0.05) is 11.6 Å². The Kier molecular flexibility index (Phi) is 6.72. The minimum atomic E-state index is -0.487. The van der Waals surface area contributed by atoms with E-state index in [2.05, 4.69) is 5.32 Å². The molecule has 1 aromatic rings. The summed E-state index contributed by atoms with van der Waals surface area (Å²) >= 11 is 5.87. The van der Waals surface area contributed by atoms with Crippen LogP contribution in [0, 0.1) is 0 Å². The van der Waals surface area contributed by atoms with Crippen molar-refractivity contribution in [2.75, 3.05) is 6.54 Å². The quantitative estimate of drug-likeness (QED) is 0.814. The van der Waals surface area contributed by atoms with Crippen molar-refractivity contribution in [3.8, 4) is 0 Å². The molecule has 116 valence electrons. The standard InChI is InChI=1S/C16H22ClNO3/c1-16(2,3)21-15(20)18-9-5-4-6-12-7-8-14(17)10-13(12)11-19/h4,6-8,10,19H,5,9,11H2,1-3H3,(H,18,20). The Hall–Kier alpha value is -1.52. The highest BCUT2D eigenvalue weighted by Crippen LogP contribution is 2.17. The second-order valence-electron chi connectivity index (χ2n) is 5.62. The van der Waals surface area contributed by atoms with Gasteiger partial charge in [0.15, 0.2) is 0 Å². The number of carbonyl (C=O) groups is 1. The van der Waals surface area contributed by atoms with Crippen LogP contribution in [0.3, 0.4) is 0 Å². The van der Waals surface area contributed by atoms with E-state index in [4.69, 9.17) is 16.3 Å². The van der Waals surface area contributed by atoms with Gasteiger partial charge >= 0.3 is 6.09 Å². The van der Waals surface area contributed by atoms with Crippen molar-refractivity contribution in [3.63, 3.8) is 0 Å². The molecule has 0 heterocycles. The summed E-state index contributed by atoms with van der Waals surface area (Å²) in [6, 6.07) is 5.37. The summed E-state index contributed by atoms with van der Waals surface area (Å²) in [7, 11) is 0. The molecule has 0 saturated heterocycles. The first-order valence-electron chi connectivity index (χ1n) is 6.84. The van der Waals surface area contributed by atoms with Crippen LogP contribution in [0.15, 0.2) is 24.3 Å². The van der Waals surface area contributed by atoms with E-state index in [1.165, 1.54) is 0 Å². The monoisotopic (exact) mass is 311 g/mol. The maximum Gasteiger partial charge on any atom is 0.407 e. The molecule has 0 aliphatic heterocycles. The minimum Gasteiger partial charge on any atom is -0.444 e. The SMILES string of the molecule is CC(C)(C)OC(=O)NCCC=Cc1ccc(Cl)cc1CO. The summed E-state index contributed by atoms with van der Waals surface area (Å²) in [5.74, 6) is 0. The Morgan fingerprint density at radius 2 is 2.14 bits per heavy atom. The van der Waals surface area contributed by atoms with Crippen LogP contribution in [-0.2, 0) is 11.3 Å². The van der Waals surface area contributed by atoms with Crippen LogP contribution < -0.4 is 5.32 Å². The lowest BCUT2D eigenvalue weighted by molar-refractivity contribution is 0.0529. The zero-order valence-corrected chi connectivity index (χ0v) is 13.4. The molecule has 0 bridgehead atoms. The first-order valence-corrected chi connectivity index (χ1v) is 7.22. The van der Waals surface area contributed by atoms with Gasteiger partial charge in [0.1, 0.15) is 5.60 Å². The lowest BCUT2D eigenvalue weighted by Gasteiger charge is -2.19. The van der Waals surface area contributed by atoms with Crippen molar-refractivity contribution < 1.29 is 14.6 Å². The van der Waals surface area contributed by atoms with Gasteiger partial charge in [-0.25, -0.2) is 4.79 Å². The Labute approximate surface area is 130 Å². The molecular formula is C16H22ClNO3. The van der Waals surface area contributed by atoms with E-state index in [0.717, 1.165) is 11.1 Å². The third kappa shape index (κ3) is 7.16. The van der Waals surface area contributed by atoms with Crippen molar-refractivity contribution in [2.24, 2.45) is 0 Å². The first kappa shape index (κ1) is 17.5. The van der Waals surface area contributed by atoms with Gasteiger partial charge in [-0.2, -0.15) is 0 Å². The maximum atomic E-state index is 11.4. The highest BCUT2D eigenvalue weighted by molar-refractivity contribution is 6.30. The third-order valence-electron chi connectivity index (χ3n) is 2.55. The van der Waals surface area contributed by atoms with Crippen LogP contribution in [0.25, 0.3) is 6.08 Å². The van der Waals surface area contributed by atoms with Gasteiger partial charge in [-0.1, -0.05) is 29.8 Å². The molecule has 0 aliphatic carbocycles. The fraction of sp³-hybridized carbons (Fsp3) is 0.438. The van der Waals surface area contributed by atoms with Gasteiger partial charge in [-0.05, 0) is 50.5 Å². The summed E-state index contributed by atoms with van der Waals surface area (Å²) in [5.41, 5.74) is 1.21. The van der Waals surface area contributed by atoms with Crippen molar-refractivity contribution in [3.05, 3.63) is 40.4 Å². The number of hydrogen-bond donors (Lipinski definition) is 2. The highest BCUT2D eigenvalue weighted by Gasteiger charge is 2.15. The van der Waals surface area contributed by atoms with Crippen molar-refractivity contribution >= 4 is 23.8 Å². The van der Waals surface area contributed by atoms with Crippen molar-refractivity contribution in [1.29, 1.82) is 0 Å². The Morgan fingerprint density at radius 3 is 2.76 bits per heavy atom. The smallest absolute Gasteiger partial charge is 0.407 e. The first-order chi connectivity index (χ1) is 9.81. The van der Waals surface area contributed by atoms with E-state index in [0.29, 0.717) is 18.0 Å². The summed E-state index contributed by atoms with van der Waals surface area (Å²) < 4.78 is 5.13. The topological polar surface area (TPSA) is 58.6 Å². The zero-order chi connectivity index (χ0) is 15.9. The van der Waals surface area contributed by atoms with E-state index < -0.39 is 11.7 Å². The second kappa shape index (κ2) is 8.05. The van der Waals surface area contributed by atoms with E-state index in [1.54, 1.807) is 12.1 Å². The van der Waals surface area contributed by atoms with Gasteiger partial charge in [-0.15, -0.1) is 0 Å². The number of halogens is 1. The molecule has 1 amide bonds. The molecule has 0 aliphatic rings. The van der Waals surface area contributed by atoms with Crippen molar-refractivity contribution in [1.82, 2.24) is 5.32 Å². The molecule has 0 radical (unpaired) electrons. The predicted octanol–water partition coefficient (Wildman–Crippen LogP) is 3.76. The van der Waals surface area contributed by atoms with Crippen LogP contribution in [0.1, 0.15) is 38.3 Å². The fourth-order valence-electron chi connectivity index (χ4n) is 1.66. The molecule has 5 heteroatoms. The van der Waals surface area contributed by atoms with Crippen molar-refractivity contribution in [2.45, 2.75) is 39.4 Å². The number of nitrogens with one attached hydrogen (secondary N) is 1. The average molecular weight is 312 g/mol. The highest BCUT2D eigenvalue weighted by atomic mass is 35.5. The minimum absolute atomic E-state index is 0.0591. The molecule has 0 unspecified atom stereocenters. The molecule has 2 N–H and O–H groups in total. The number of amides is 1. The average Bonchev–Trinajstić information content (AvgIpc) is 2.37. The summed E-state index contributed by atoms with van der Waals surface area (Å²) in [5, 5.41) is 12.5. The van der Waals surface area contributed by atoms with Crippen LogP contribution >= 0.6 is 11.6 Å². The Morgan fingerprint density at radius 1 is 1.43 bits per heavy atom. The molecule has 1 aromatic carbocycles. The molecular weight excluding hydrogens is 290 g/mol. The van der Waals surface area contributed by atoms with E-state index >= 15 is 0 Å². The van der Waals surface area contributed by atoms with Crippen LogP contribution in [0.5, 0.6) is 0 Å². The number of ether oxygens (including phenoxy) is 1. The molecule has 0 spiro atoms. The Balaban J connectivity index is 2.41. The summed E-state index contributed by atoms with van der Waals surface area (Å²) in [6.45, 7) is 5.90. The number of aliphatic hydroxyl groups excluding tert-OH is 1. The summed E-state index contributed by atoms with van der Waals surface area (Å²) in [4.78, 5) is 11.4. The predicted molar refractivity (Wildman–Crippen MR) is 85.3 cm³/mol. The van der Waals surface area contributed by atoms with Gasteiger partial charge in [0.25, 0.3) is 0 Å². The largest absolute Gasteiger partial charge is 0.444 e. The molecule has 1 rings (SSSR count). The molecule has 0 atom stereocenters. The molecule has 0 fully saturated rings. The molecule has 4 nitrogen and oxygen atoms in total. The molecule has 0 aromatic heterocycles. The van der Waals surface area contributed by atoms with Crippen LogP contribution in [0.4, 0.5) is 4.79 Å². The Bertz CT molecular complexity index is 507. The van der Waals surface area contributed by atoms with E-state index in [-0.39, 0.29) is 6.61 Å². The summed E-state index contributed by atoms with van der Waals surface area (Å²) in [6.07, 6.45) is 4.09. The second-order valence-corrected chi connectivity index (χ2v) is 6.06. The third-order valence-corrected chi connectivity index (χ3v) is 2.79. The number of rotatable bonds is 5. The lowest BCUT2D eigenvalue weighted by Crippen LogP contribution is -2.32. The fourth-order valence-corrected chi connectivity index (χ4v) is 1.85. The zero-order valence-electron chi connectivity index (χ0n) is 12.6. The lowest BCUT2D eigenvalue weighted by atomic mass is 10.1. The maximum absolute atomic E-state index is 11.4. The van der Waals surface area contributed by atoms with Gasteiger partial charge in [0.2, 0.25) is 0 Å². The number of alkyl carbamates (subject to hydrolysis) is 1. The molecule has 21 heavy (non-hydrogen) atoms. The number of hydrogen-bond acceptors (Lipinski definition) is 3. The normalized spacial score (nSPS) is 11.7. The van der Waals surface area contributed by atoms with Crippen LogP contribution in [0.2, 0.25) is 5.02 Å². The van der Waals surface area contributed by atoms with E-state index in [9.17, 15) is 9.90 Å². The number of benzene rings is 1. The number of aliphatic hydroxyl groups is 1.